The van der Waals surface area contributed by atoms with E-state index in [1.54, 1.807) is 5.57 Å². The van der Waals surface area contributed by atoms with E-state index >= 15 is 0 Å². The van der Waals surface area contributed by atoms with Crippen LogP contribution in [0.3, 0.4) is 0 Å². The quantitative estimate of drug-likeness (QED) is 0.264. The molecular weight excluding hydrogens is 356 g/mol. The van der Waals surface area contributed by atoms with Crippen LogP contribution in [0.2, 0.25) is 0 Å². The lowest BCUT2D eigenvalue weighted by Gasteiger charge is -2.46. The van der Waals surface area contributed by atoms with Crippen molar-refractivity contribution in [1.82, 2.24) is 0 Å². The molecule has 6 atom stereocenters. The smallest absolute Gasteiger partial charge is 0.0820 e. The maximum atomic E-state index is 10.5. The van der Waals surface area contributed by atoms with E-state index < -0.39 is 5.60 Å². The maximum absolute atomic E-state index is 10.5. The number of rotatable bonds is 12. The zero-order valence-corrected chi connectivity index (χ0v) is 20.4. The van der Waals surface area contributed by atoms with Gasteiger partial charge in [0.15, 0.2) is 0 Å². The molecule has 1 aliphatic heterocycles. The summed E-state index contributed by atoms with van der Waals surface area (Å²) in [5.74, 6) is 2.14. The molecule has 2 heteroatoms. The van der Waals surface area contributed by atoms with Gasteiger partial charge in [-0.1, -0.05) is 78.7 Å². The number of allylic oxidation sites excluding steroid dienone is 1. The summed E-state index contributed by atoms with van der Waals surface area (Å²) in [4.78, 5) is 0. The Morgan fingerprint density at radius 1 is 1.17 bits per heavy atom. The lowest BCUT2D eigenvalue weighted by molar-refractivity contribution is -0.125. The summed E-state index contributed by atoms with van der Waals surface area (Å²) in [6.07, 6.45) is 18.2. The molecule has 2 rings (SSSR count). The molecule has 0 amide bonds. The van der Waals surface area contributed by atoms with Crippen molar-refractivity contribution in [1.29, 1.82) is 0 Å². The minimum atomic E-state index is -0.461. The highest BCUT2D eigenvalue weighted by molar-refractivity contribution is 5.18. The first-order valence-electron chi connectivity index (χ1n) is 12.7. The predicted molar refractivity (Wildman–Crippen MR) is 125 cm³/mol. The summed E-state index contributed by atoms with van der Waals surface area (Å²) in [5.41, 5.74) is 1.18. The summed E-state index contributed by atoms with van der Waals surface area (Å²) >= 11 is 0. The molecule has 0 aromatic rings. The molecule has 0 aromatic heterocycles. The zero-order valence-electron chi connectivity index (χ0n) is 20.4. The summed E-state index contributed by atoms with van der Waals surface area (Å²) in [7, 11) is 0. The van der Waals surface area contributed by atoms with Crippen molar-refractivity contribution in [2.24, 2.45) is 17.8 Å². The van der Waals surface area contributed by atoms with Crippen LogP contribution in [0.1, 0.15) is 125 Å². The third-order valence-electron chi connectivity index (χ3n) is 7.98. The van der Waals surface area contributed by atoms with E-state index in [9.17, 15) is 5.11 Å². The largest absolute Gasteiger partial charge is 0.390 e. The van der Waals surface area contributed by atoms with Crippen LogP contribution >= 0.6 is 0 Å². The van der Waals surface area contributed by atoms with Crippen molar-refractivity contribution in [3.63, 3.8) is 0 Å². The van der Waals surface area contributed by atoms with Gasteiger partial charge in [-0.15, -0.1) is 0 Å². The van der Waals surface area contributed by atoms with Crippen LogP contribution in [0.4, 0.5) is 0 Å². The Morgan fingerprint density at radius 3 is 2.59 bits per heavy atom. The van der Waals surface area contributed by atoms with Gasteiger partial charge in [-0.3, -0.25) is 0 Å². The molecule has 2 aliphatic rings. The standard InChI is InChI=1S/C27H50O2/c1-7-8-9-17-26(5,28)18-10-12-21(2)13-11-19-27(6)20-16-24-15-14-22(3)23(4)25(24)29-27/h15,21-23,25,28H,7-14,16-20H2,1-6H3. The summed E-state index contributed by atoms with van der Waals surface area (Å²) < 4.78 is 6.71. The van der Waals surface area contributed by atoms with E-state index in [2.05, 4.69) is 40.7 Å². The van der Waals surface area contributed by atoms with Crippen molar-refractivity contribution in [2.45, 2.75) is 142 Å². The summed E-state index contributed by atoms with van der Waals surface area (Å²) in [5, 5.41) is 10.5. The van der Waals surface area contributed by atoms with Gasteiger partial charge in [0.25, 0.3) is 0 Å². The fourth-order valence-corrected chi connectivity index (χ4v) is 5.37. The molecule has 0 aromatic carbocycles. The van der Waals surface area contributed by atoms with Gasteiger partial charge in [0, 0.05) is 0 Å². The van der Waals surface area contributed by atoms with Gasteiger partial charge in [0.2, 0.25) is 0 Å². The number of hydrogen-bond acceptors (Lipinski definition) is 2. The van der Waals surface area contributed by atoms with E-state index in [0.29, 0.717) is 12.0 Å². The van der Waals surface area contributed by atoms with Crippen LogP contribution in [0.25, 0.3) is 0 Å². The average molecular weight is 407 g/mol. The Morgan fingerprint density at radius 2 is 1.86 bits per heavy atom. The number of aliphatic hydroxyl groups is 1. The molecule has 1 saturated heterocycles. The topological polar surface area (TPSA) is 29.5 Å². The molecular formula is C27H50O2. The van der Waals surface area contributed by atoms with Crippen molar-refractivity contribution >= 4 is 0 Å². The van der Waals surface area contributed by atoms with Gasteiger partial charge >= 0.3 is 0 Å². The molecule has 1 heterocycles. The maximum Gasteiger partial charge on any atom is 0.0820 e. The van der Waals surface area contributed by atoms with Crippen molar-refractivity contribution in [3.05, 3.63) is 11.6 Å². The van der Waals surface area contributed by atoms with E-state index in [1.165, 1.54) is 57.8 Å². The van der Waals surface area contributed by atoms with Crippen molar-refractivity contribution in [2.75, 3.05) is 0 Å². The highest BCUT2D eigenvalue weighted by Gasteiger charge is 2.40. The van der Waals surface area contributed by atoms with Crippen LogP contribution in [0.15, 0.2) is 11.6 Å². The second kappa shape index (κ2) is 11.3. The Kier molecular flexibility index (Phi) is 9.74. The minimum absolute atomic E-state index is 0.0655. The molecule has 1 aliphatic carbocycles. The van der Waals surface area contributed by atoms with Crippen LogP contribution in [-0.4, -0.2) is 22.4 Å². The average Bonchev–Trinajstić information content (AvgIpc) is 2.65. The molecule has 1 N–H and O–H groups in total. The van der Waals surface area contributed by atoms with Crippen molar-refractivity contribution < 1.29 is 9.84 Å². The van der Waals surface area contributed by atoms with Gasteiger partial charge in [0.1, 0.15) is 0 Å². The molecule has 0 saturated carbocycles. The molecule has 29 heavy (non-hydrogen) atoms. The SMILES string of the molecule is CCCCCC(C)(O)CCCC(C)CCCC1(C)CCC2=CCC(C)C(C)C2O1. The molecule has 0 bridgehead atoms. The van der Waals surface area contributed by atoms with E-state index in [-0.39, 0.29) is 5.60 Å². The third kappa shape index (κ3) is 8.02. The fraction of sp³-hybridized carbons (Fsp3) is 0.926. The molecule has 170 valence electrons. The second-order valence-electron chi connectivity index (χ2n) is 11.2. The summed E-state index contributed by atoms with van der Waals surface area (Å²) in [6.45, 7) is 13.8. The van der Waals surface area contributed by atoms with Gasteiger partial charge in [0.05, 0.1) is 17.3 Å². The Bertz CT molecular complexity index is 509. The molecule has 6 unspecified atom stereocenters. The lowest BCUT2D eigenvalue weighted by Crippen LogP contribution is -2.45. The predicted octanol–water partition coefficient (Wildman–Crippen LogP) is 7.83. The lowest BCUT2D eigenvalue weighted by atomic mass is 9.74. The minimum Gasteiger partial charge on any atom is -0.390 e. The van der Waals surface area contributed by atoms with Gasteiger partial charge < -0.3 is 9.84 Å². The second-order valence-corrected chi connectivity index (χ2v) is 11.2. The monoisotopic (exact) mass is 406 g/mol. The van der Waals surface area contributed by atoms with E-state index in [1.807, 2.05) is 6.92 Å². The summed E-state index contributed by atoms with van der Waals surface area (Å²) in [6, 6.07) is 0. The Labute approximate surface area is 181 Å². The van der Waals surface area contributed by atoms with Crippen molar-refractivity contribution in [3.8, 4) is 0 Å². The Balaban J connectivity index is 1.66. The van der Waals surface area contributed by atoms with Crippen LogP contribution in [0, 0.1) is 17.8 Å². The van der Waals surface area contributed by atoms with E-state index in [4.69, 9.17) is 4.74 Å². The molecule has 2 nitrogen and oxygen atoms in total. The van der Waals surface area contributed by atoms with Gasteiger partial charge in [-0.05, 0) is 75.7 Å². The molecule has 0 radical (unpaired) electrons. The number of hydrogen-bond donors (Lipinski definition) is 1. The fourth-order valence-electron chi connectivity index (χ4n) is 5.37. The molecule has 0 spiro atoms. The van der Waals surface area contributed by atoms with Crippen LogP contribution < -0.4 is 0 Å². The van der Waals surface area contributed by atoms with Gasteiger partial charge in [-0.25, -0.2) is 0 Å². The highest BCUT2D eigenvalue weighted by Crippen LogP contribution is 2.43. The van der Waals surface area contributed by atoms with Crippen LogP contribution in [-0.2, 0) is 4.74 Å². The first-order valence-corrected chi connectivity index (χ1v) is 12.7. The number of unbranched alkanes of at least 4 members (excludes halogenated alkanes) is 2. The van der Waals surface area contributed by atoms with Crippen LogP contribution in [0.5, 0.6) is 0 Å². The first-order chi connectivity index (χ1) is 13.7. The zero-order chi connectivity index (χ0) is 21.5. The third-order valence-corrected chi connectivity index (χ3v) is 7.98. The first kappa shape index (κ1) is 24.9. The Hall–Kier alpha value is -0.340. The molecule has 1 fully saturated rings. The normalized spacial score (nSPS) is 32.9. The number of fused-ring (bicyclic) bond motifs is 1. The number of ether oxygens (including phenoxy) is 1. The highest BCUT2D eigenvalue weighted by atomic mass is 16.5. The van der Waals surface area contributed by atoms with E-state index in [0.717, 1.165) is 37.5 Å². The van der Waals surface area contributed by atoms with Gasteiger partial charge in [-0.2, -0.15) is 0 Å².